The van der Waals surface area contributed by atoms with Gasteiger partial charge in [-0.3, -0.25) is 0 Å². The molecule has 2 aromatic rings. The number of thioether (sulfide) groups is 1. The predicted octanol–water partition coefficient (Wildman–Crippen LogP) is 6.25. The van der Waals surface area contributed by atoms with E-state index in [4.69, 9.17) is 18.9 Å². The zero-order valence-corrected chi connectivity index (χ0v) is 18.8. The third kappa shape index (κ3) is 3.71. The van der Waals surface area contributed by atoms with Gasteiger partial charge in [0.25, 0.3) is 0 Å². The van der Waals surface area contributed by atoms with Crippen molar-refractivity contribution in [2.75, 3.05) is 26.4 Å². The van der Waals surface area contributed by atoms with Crippen molar-refractivity contribution in [3.63, 3.8) is 0 Å². The van der Waals surface area contributed by atoms with E-state index in [0.717, 1.165) is 34.3 Å². The molecule has 29 heavy (non-hydrogen) atoms. The van der Waals surface area contributed by atoms with Gasteiger partial charge in [0, 0.05) is 20.9 Å². The molecule has 3 aliphatic rings. The van der Waals surface area contributed by atoms with E-state index in [-0.39, 0.29) is 0 Å². The van der Waals surface area contributed by atoms with Crippen LogP contribution in [0.4, 0.5) is 0 Å². The number of rotatable bonds is 4. The fraction of sp³-hybridized carbons (Fsp3) is 0.364. The molecule has 2 aromatic heterocycles. The number of thiophene rings is 2. The second-order valence-electron chi connectivity index (χ2n) is 7.08. The van der Waals surface area contributed by atoms with Crippen LogP contribution in [0, 0.1) is 0 Å². The third-order valence-corrected chi connectivity index (χ3v) is 8.73. The van der Waals surface area contributed by atoms with E-state index >= 15 is 0 Å². The summed E-state index contributed by atoms with van der Waals surface area (Å²) in [6.45, 7) is 6.86. The van der Waals surface area contributed by atoms with Crippen molar-refractivity contribution >= 4 is 44.9 Å². The van der Waals surface area contributed by atoms with Crippen molar-refractivity contribution in [1.29, 1.82) is 0 Å². The molecule has 7 heteroatoms. The van der Waals surface area contributed by atoms with E-state index in [0.29, 0.717) is 31.7 Å². The van der Waals surface area contributed by atoms with Gasteiger partial charge < -0.3 is 18.9 Å². The summed E-state index contributed by atoms with van der Waals surface area (Å²) in [5.74, 6) is 3.57. The topological polar surface area (TPSA) is 36.9 Å². The molecule has 0 N–H and O–H groups in total. The standard InChI is InChI=1S/C22H22O4S3/c1-13(3-4-14(2)21-19-15(11-27-21)23-7-9-25-19)17-5-6-18(29-17)22-20-16(12-28-22)24-8-10-26-20/h3-4,6,11-12,17H,5,7-10H2,1-2H3/b13-3+,14-4+. The zero-order valence-electron chi connectivity index (χ0n) is 16.4. The third-order valence-electron chi connectivity index (χ3n) is 5.07. The molecule has 5 heterocycles. The van der Waals surface area contributed by atoms with Crippen LogP contribution in [0.1, 0.15) is 30.0 Å². The highest BCUT2D eigenvalue weighted by Gasteiger charge is 2.27. The maximum absolute atomic E-state index is 5.85. The summed E-state index contributed by atoms with van der Waals surface area (Å²) in [5, 5.41) is 4.54. The predicted molar refractivity (Wildman–Crippen MR) is 122 cm³/mol. The van der Waals surface area contributed by atoms with Gasteiger partial charge >= 0.3 is 0 Å². The Bertz CT molecular complexity index is 1010. The molecule has 152 valence electrons. The monoisotopic (exact) mass is 446 g/mol. The van der Waals surface area contributed by atoms with Crippen molar-refractivity contribution in [3.8, 4) is 23.0 Å². The highest BCUT2D eigenvalue weighted by atomic mass is 32.2. The average molecular weight is 447 g/mol. The van der Waals surface area contributed by atoms with Crippen molar-refractivity contribution in [3.05, 3.63) is 44.3 Å². The highest BCUT2D eigenvalue weighted by Crippen LogP contribution is 2.51. The summed E-state index contributed by atoms with van der Waals surface area (Å²) in [6.07, 6.45) is 7.80. The molecular formula is C22H22O4S3. The van der Waals surface area contributed by atoms with Gasteiger partial charge in [0.1, 0.15) is 26.4 Å². The summed E-state index contributed by atoms with van der Waals surface area (Å²) in [5.41, 5.74) is 2.57. The number of hydrogen-bond donors (Lipinski definition) is 0. The fourth-order valence-electron chi connectivity index (χ4n) is 3.50. The molecule has 1 atom stereocenters. The quantitative estimate of drug-likeness (QED) is 0.519. The summed E-state index contributed by atoms with van der Waals surface area (Å²) >= 11 is 5.31. The van der Waals surface area contributed by atoms with Crippen molar-refractivity contribution in [2.45, 2.75) is 25.5 Å². The van der Waals surface area contributed by atoms with Crippen LogP contribution < -0.4 is 18.9 Å². The second kappa shape index (κ2) is 8.13. The van der Waals surface area contributed by atoms with Gasteiger partial charge in [-0.15, -0.1) is 34.4 Å². The maximum Gasteiger partial charge on any atom is 0.180 e. The minimum atomic E-state index is 0.452. The molecule has 5 rings (SSSR count). The van der Waals surface area contributed by atoms with Gasteiger partial charge in [0.2, 0.25) is 0 Å². The lowest BCUT2D eigenvalue weighted by atomic mass is 10.1. The van der Waals surface area contributed by atoms with Crippen LogP contribution in [-0.2, 0) is 0 Å². The molecule has 3 aliphatic heterocycles. The first-order chi connectivity index (χ1) is 14.2. The van der Waals surface area contributed by atoms with Crippen LogP contribution in [0.3, 0.4) is 0 Å². The van der Waals surface area contributed by atoms with Gasteiger partial charge in [-0.25, -0.2) is 0 Å². The molecule has 1 unspecified atom stereocenters. The van der Waals surface area contributed by atoms with Crippen LogP contribution in [0.15, 0.2) is 34.6 Å². The Balaban J connectivity index is 1.29. The van der Waals surface area contributed by atoms with E-state index in [1.165, 1.54) is 20.9 Å². The van der Waals surface area contributed by atoms with Gasteiger partial charge in [0.15, 0.2) is 23.0 Å². The lowest BCUT2D eigenvalue weighted by molar-refractivity contribution is 0.173. The minimum absolute atomic E-state index is 0.452. The molecular weight excluding hydrogens is 424 g/mol. The molecule has 4 nitrogen and oxygen atoms in total. The minimum Gasteiger partial charge on any atom is -0.485 e. The van der Waals surface area contributed by atoms with Crippen LogP contribution in [0.5, 0.6) is 23.0 Å². The van der Waals surface area contributed by atoms with Crippen molar-refractivity contribution < 1.29 is 18.9 Å². The smallest absolute Gasteiger partial charge is 0.180 e. The van der Waals surface area contributed by atoms with Gasteiger partial charge in [-0.2, -0.15) is 0 Å². The molecule has 0 saturated carbocycles. The van der Waals surface area contributed by atoms with Gasteiger partial charge in [0.05, 0.1) is 9.75 Å². The zero-order chi connectivity index (χ0) is 19.8. The lowest BCUT2D eigenvalue weighted by Crippen LogP contribution is -2.14. The van der Waals surface area contributed by atoms with E-state index in [1.54, 1.807) is 22.7 Å². The first kappa shape index (κ1) is 19.2. The lowest BCUT2D eigenvalue weighted by Gasteiger charge is -2.17. The van der Waals surface area contributed by atoms with Crippen LogP contribution >= 0.6 is 34.4 Å². The van der Waals surface area contributed by atoms with E-state index in [9.17, 15) is 0 Å². The summed E-state index contributed by atoms with van der Waals surface area (Å²) in [6, 6.07) is 0. The molecule has 0 aromatic carbocycles. The Kier molecular flexibility index (Phi) is 5.37. The number of allylic oxidation sites excluding steroid dienone is 4. The normalized spacial score (nSPS) is 21.3. The van der Waals surface area contributed by atoms with Crippen LogP contribution in [0.25, 0.3) is 10.5 Å². The highest BCUT2D eigenvalue weighted by molar-refractivity contribution is 8.09. The summed E-state index contributed by atoms with van der Waals surface area (Å²) < 4.78 is 23.0. The first-order valence-corrected chi connectivity index (χ1v) is 12.3. The van der Waals surface area contributed by atoms with Crippen LogP contribution in [0.2, 0.25) is 0 Å². The Morgan fingerprint density at radius 1 is 0.897 bits per heavy atom. The summed E-state index contributed by atoms with van der Waals surface area (Å²) in [4.78, 5) is 3.66. The van der Waals surface area contributed by atoms with Crippen molar-refractivity contribution in [2.24, 2.45) is 0 Å². The molecule has 0 bridgehead atoms. The molecule has 0 radical (unpaired) electrons. The largest absolute Gasteiger partial charge is 0.485 e. The van der Waals surface area contributed by atoms with Crippen LogP contribution in [-0.4, -0.2) is 31.7 Å². The van der Waals surface area contributed by atoms with Gasteiger partial charge in [-0.05, 0) is 25.8 Å². The molecule has 0 amide bonds. The fourth-order valence-corrected chi connectivity index (χ4v) is 6.73. The average Bonchev–Trinajstić information content (AvgIpc) is 3.49. The number of hydrogen-bond acceptors (Lipinski definition) is 7. The maximum atomic E-state index is 5.85. The molecule has 0 aliphatic carbocycles. The Labute approximate surface area is 182 Å². The molecule has 0 fully saturated rings. The number of fused-ring (bicyclic) bond motifs is 2. The Morgan fingerprint density at radius 2 is 1.59 bits per heavy atom. The van der Waals surface area contributed by atoms with Gasteiger partial charge in [-0.1, -0.05) is 23.8 Å². The Hall–Kier alpha value is -1.83. The first-order valence-electron chi connectivity index (χ1n) is 9.67. The SMILES string of the molecule is C/C(=C\C=C(/C)C1CC=C(c2scc3c2OCCO3)S1)c1scc2c1OCCO2. The Morgan fingerprint density at radius 3 is 2.41 bits per heavy atom. The van der Waals surface area contributed by atoms with E-state index < -0.39 is 0 Å². The van der Waals surface area contributed by atoms with Crippen molar-refractivity contribution in [1.82, 2.24) is 0 Å². The second-order valence-corrected chi connectivity index (χ2v) is 10.1. The van der Waals surface area contributed by atoms with E-state index in [2.05, 4.69) is 37.5 Å². The van der Waals surface area contributed by atoms with E-state index in [1.807, 2.05) is 17.1 Å². The summed E-state index contributed by atoms with van der Waals surface area (Å²) in [7, 11) is 0. The number of ether oxygens (including phenoxy) is 4. The molecule has 0 spiro atoms. The molecule has 0 saturated heterocycles.